The highest BCUT2D eigenvalue weighted by Crippen LogP contribution is 2.27. The molecular formula is C18H16N6O3. The van der Waals surface area contributed by atoms with Crippen molar-refractivity contribution in [1.29, 1.82) is 0 Å². The highest BCUT2D eigenvalue weighted by molar-refractivity contribution is 5.83. The number of carboxylic acid groups (broad SMARTS) is 1. The van der Waals surface area contributed by atoms with Crippen LogP contribution in [0.25, 0.3) is 27.9 Å². The van der Waals surface area contributed by atoms with Gasteiger partial charge in [0.05, 0.1) is 11.3 Å². The maximum atomic E-state index is 12.6. The molecule has 0 aliphatic heterocycles. The third kappa shape index (κ3) is 2.92. The monoisotopic (exact) mass is 364 g/mol. The van der Waals surface area contributed by atoms with Crippen molar-refractivity contribution in [1.82, 2.24) is 29.4 Å². The van der Waals surface area contributed by atoms with E-state index in [0.717, 1.165) is 16.8 Å². The zero-order chi connectivity index (χ0) is 19.0. The van der Waals surface area contributed by atoms with Crippen LogP contribution in [-0.4, -0.2) is 40.4 Å². The Morgan fingerprint density at radius 3 is 2.67 bits per heavy atom. The smallest absolute Gasteiger partial charge is 0.303 e. The predicted molar refractivity (Wildman–Crippen MR) is 97.4 cm³/mol. The van der Waals surface area contributed by atoms with Crippen molar-refractivity contribution in [3.63, 3.8) is 0 Å². The largest absolute Gasteiger partial charge is 0.481 e. The van der Waals surface area contributed by atoms with Crippen molar-refractivity contribution >= 4 is 22.8 Å². The van der Waals surface area contributed by atoms with Crippen molar-refractivity contribution in [3.05, 3.63) is 52.7 Å². The van der Waals surface area contributed by atoms with Crippen molar-refractivity contribution in [2.24, 2.45) is 0 Å². The molecule has 0 spiro atoms. The number of nitrogens with zero attached hydrogens (tertiary/aromatic N) is 6. The van der Waals surface area contributed by atoms with Gasteiger partial charge in [-0.3, -0.25) is 14.2 Å². The first-order valence-electron chi connectivity index (χ1n) is 8.44. The first-order valence-corrected chi connectivity index (χ1v) is 8.44. The topological polar surface area (TPSA) is 115 Å². The van der Waals surface area contributed by atoms with E-state index in [1.807, 2.05) is 37.3 Å². The number of aromatic nitrogens is 6. The fourth-order valence-electron chi connectivity index (χ4n) is 3.07. The molecule has 27 heavy (non-hydrogen) atoms. The van der Waals surface area contributed by atoms with Gasteiger partial charge in [0, 0.05) is 13.0 Å². The summed E-state index contributed by atoms with van der Waals surface area (Å²) in [6, 6.07) is 9.72. The maximum absolute atomic E-state index is 12.6. The molecule has 3 aromatic heterocycles. The van der Waals surface area contributed by atoms with Gasteiger partial charge >= 0.3 is 5.97 Å². The molecule has 3 heterocycles. The van der Waals surface area contributed by atoms with Gasteiger partial charge in [-0.1, -0.05) is 30.3 Å². The van der Waals surface area contributed by atoms with Crippen molar-refractivity contribution < 1.29 is 9.90 Å². The minimum absolute atomic E-state index is 0.0199. The quantitative estimate of drug-likeness (QED) is 0.573. The lowest BCUT2D eigenvalue weighted by Crippen LogP contribution is -2.23. The molecule has 0 amide bonds. The molecule has 0 aliphatic carbocycles. The Kier molecular flexibility index (Phi) is 4.11. The van der Waals surface area contributed by atoms with Crippen LogP contribution in [0.5, 0.6) is 0 Å². The van der Waals surface area contributed by atoms with Gasteiger partial charge in [0.1, 0.15) is 6.33 Å². The van der Waals surface area contributed by atoms with E-state index in [1.54, 1.807) is 0 Å². The van der Waals surface area contributed by atoms with E-state index in [9.17, 15) is 9.59 Å². The third-order valence-corrected chi connectivity index (χ3v) is 4.33. The second-order valence-corrected chi connectivity index (χ2v) is 6.17. The summed E-state index contributed by atoms with van der Waals surface area (Å²) >= 11 is 0. The van der Waals surface area contributed by atoms with Crippen LogP contribution in [0.15, 0.2) is 41.5 Å². The molecule has 136 valence electrons. The van der Waals surface area contributed by atoms with E-state index in [2.05, 4.69) is 20.3 Å². The van der Waals surface area contributed by atoms with Crippen LogP contribution in [0.3, 0.4) is 0 Å². The second kappa shape index (κ2) is 6.60. The fraction of sp³-hybridized carbons (Fsp3) is 0.222. The molecule has 0 bridgehead atoms. The number of hydrogen-bond donors (Lipinski definition) is 1. The molecule has 0 atom stereocenters. The normalized spacial score (nSPS) is 11.3. The summed E-state index contributed by atoms with van der Waals surface area (Å²) in [7, 11) is 0. The van der Waals surface area contributed by atoms with Gasteiger partial charge in [-0.2, -0.15) is 9.61 Å². The highest BCUT2D eigenvalue weighted by atomic mass is 16.4. The van der Waals surface area contributed by atoms with E-state index in [0.29, 0.717) is 17.7 Å². The van der Waals surface area contributed by atoms with E-state index in [-0.39, 0.29) is 24.0 Å². The number of carboxylic acids is 1. The predicted octanol–water partition coefficient (Wildman–Crippen LogP) is 1.67. The Morgan fingerprint density at radius 2 is 1.93 bits per heavy atom. The van der Waals surface area contributed by atoms with Gasteiger partial charge in [-0.15, -0.1) is 10.2 Å². The van der Waals surface area contributed by atoms with Crippen LogP contribution in [0.2, 0.25) is 0 Å². The fourth-order valence-corrected chi connectivity index (χ4v) is 3.07. The molecule has 0 aliphatic rings. The molecule has 0 saturated heterocycles. The number of aliphatic carboxylic acids is 1. The maximum Gasteiger partial charge on any atom is 0.303 e. The van der Waals surface area contributed by atoms with Gasteiger partial charge in [0.2, 0.25) is 0 Å². The Bertz CT molecular complexity index is 1210. The molecule has 0 radical (unpaired) electrons. The zero-order valence-corrected chi connectivity index (χ0v) is 14.5. The molecule has 9 heteroatoms. The number of rotatable bonds is 5. The molecule has 0 fully saturated rings. The molecule has 1 aromatic carbocycles. The van der Waals surface area contributed by atoms with Gasteiger partial charge < -0.3 is 5.11 Å². The summed E-state index contributed by atoms with van der Waals surface area (Å²) in [4.78, 5) is 27.6. The number of aryl methyl sites for hydroxylation is 2. The minimum Gasteiger partial charge on any atom is -0.481 e. The molecule has 1 N–H and O–H groups in total. The lowest BCUT2D eigenvalue weighted by molar-refractivity contribution is -0.137. The first kappa shape index (κ1) is 16.8. The molecule has 4 aromatic rings. The van der Waals surface area contributed by atoms with Crippen LogP contribution in [-0.2, 0) is 11.3 Å². The molecule has 0 saturated carbocycles. The average Bonchev–Trinajstić information content (AvgIpc) is 3.00. The highest BCUT2D eigenvalue weighted by Gasteiger charge is 2.18. The summed E-state index contributed by atoms with van der Waals surface area (Å²) in [5, 5.41) is 21.5. The number of carbonyl (C=O) groups is 1. The van der Waals surface area contributed by atoms with Crippen molar-refractivity contribution in [3.8, 4) is 11.1 Å². The number of benzene rings is 1. The molecule has 9 nitrogen and oxygen atoms in total. The van der Waals surface area contributed by atoms with Crippen LogP contribution in [0, 0.1) is 6.92 Å². The summed E-state index contributed by atoms with van der Waals surface area (Å²) in [6.07, 6.45) is 1.71. The van der Waals surface area contributed by atoms with Gasteiger partial charge in [-0.05, 0) is 18.9 Å². The minimum atomic E-state index is -0.904. The van der Waals surface area contributed by atoms with E-state index < -0.39 is 5.97 Å². The molecule has 4 rings (SSSR count). The lowest BCUT2D eigenvalue weighted by atomic mass is 10.1. The third-order valence-electron chi connectivity index (χ3n) is 4.33. The number of hydrogen-bond acceptors (Lipinski definition) is 6. The Labute approximate surface area is 152 Å². The van der Waals surface area contributed by atoms with E-state index in [1.165, 1.54) is 15.4 Å². The summed E-state index contributed by atoms with van der Waals surface area (Å²) in [5.74, 6) is -0.904. The van der Waals surface area contributed by atoms with Crippen LogP contribution >= 0.6 is 0 Å². The van der Waals surface area contributed by atoms with Gasteiger partial charge in [-0.25, -0.2) is 4.98 Å². The number of fused-ring (bicyclic) bond motifs is 3. The summed E-state index contributed by atoms with van der Waals surface area (Å²) in [5.41, 5.74) is 3.15. The second-order valence-electron chi connectivity index (χ2n) is 6.17. The average molecular weight is 364 g/mol. The lowest BCUT2D eigenvalue weighted by Gasteiger charge is -2.05. The zero-order valence-electron chi connectivity index (χ0n) is 14.5. The van der Waals surface area contributed by atoms with Crippen molar-refractivity contribution in [2.75, 3.05) is 0 Å². The Balaban J connectivity index is 1.84. The standard InChI is InChI=1S/C18H16N6O3/c1-11-14(12-6-3-2-4-7-12)16-21-20-15-17(24(16)22-11)19-10-23(18(15)27)9-5-8-13(25)26/h2-4,6-7,10H,5,8-9H2,1H3,(H,25,26). The van der Waals surface area contributed by atoms with E-state index >= 15 is 0 Å². The Hall–Kier alpha value is -3.62. The van der Waals surface area contributed by atoms with Gasteiger partial charge in [0.15, 0.2) is 16.8 Å². The summed E-state index contributed by atoms with van der Waals surface area (Å²) in [6.45, 7) is 2.12. The van der Waals surface area contributed by atoms with Gasteiger partial charge in [0.25, 0.3) is 5.56 Å². The van der Waals surface area contributed by atoms with Crippen LogP contribution in [0.4, 0.5) is 0 Å². The molecule has 0 unspecified atom stereocenters. The summed E-state index contributed by atoms with van der Waals surface area (Å²) < 4.78 is 2.88. The molecular weight excluding hydrogens is 348 g/mol. The Morgan fingerprint density at radius 1 is 1.15 bits per heavy atom. The van der Waals surface area contributed by atoms with Crippen molar-refractivity contribution in [2.45, 2.75) is 26.3 Å². The first-order chi connectivity index (χ1) is 13.1. The van der Waals surface area contributed by atoms with Crippen LogP contribution in [0.1, 0.15) is 18.5 Å². The van der Waals surface area contributed by atoms with Crippen LogP contribution < -0.4 is 5.56 Å². The van der Waals surface area contributed by atoms with E-state index in [4.69, 9.17) is 5.11 Å². The SMILES string of the molecule is Cc1nn2c(nnc3c(=O)n(CCCC(=O)O)cnc32)c1-c1ccccc1.